The standard InChI is InChI=1S/C26H23NO3/c1-30-17-18-8-7-12-21(16-18)26(29)27-25(20-10-3-2-4-11-20)24-22-13-6-5-9-19(22)14-15-23(24)28/h2-16,25,28H,17H2,1H3,(H,27,29)/t25-/m1/s1. The number of hydrogen-bond acceptors (Lipinski definition) is 3. The first-order valence-corrected chi connectivity index (χ1v) is 9.81. The normalized spacial score (nSPS) is 11.9. The second-order valence-corrected chi connectivity index (χ2v) is 7.17. The summed E-state index contributed by atoms with van der Waals surface area (Å²) in [5.41, 5.74) is 3.05. The third-order valence-corrected chi connectivity index (χ3v) is 5.14. The van der Waals surface area contributed by atoms with Gasteiger partial charge in [0.25, 0.3) is 5.91 Å². The van der Waals surface area contributed by atoms with Gasteiger partial charge in [-0.1, -0.05) is 72.8 Å². The zero-order valence-corrected chi connectivity index (χ0v) is 16.7. The van der Waals surface area contributed by atoms with Crippen molar-refractivity contribution in [3.8, 4) is 5.75 Å². The largest absolute Gasteiger partial charge is 0.508 e. The molecule has 0 aliphatic carbocycles. The van der Waals surface area contributed by atoms with E-state index in [9.17, 15) is 9.90 Å². The number of aromatic hydroxyl groups is 1. The molecule has 0 saturated heterocycles. The third-order valence-electron chi connectivity index (χ3n) is 5.14. The highest BCUT2D eigenvalue weighted by atomic mass is 16.5. The quantitative estimate of drug-likeness (QED) is 0.469. The maximum atomic E-state index is 13.2. The predicted molar refractivity (Wildman–Crippen MR) is 119 cm³/mol. The Kier molecular flexibility index (Phi) is 5.77. The lowest BCUT2D eigenvalue weighted by Gasteiger charge is -2.23. The Morgan fingerprint density at radius 3 is 2.50 bits per heavy atom. The van der Waals surface area contributed by atoms with E-state index in [4.69, 9.17) is 4.74 Å². The number of ether oxygens (including phenoxy) is 1. The molecule has 4 rings (SSSR count). The SMILES string of the molecule is COCc1cccc(C(=O)N[C@H](c2ccccc2)c2c(O)ccc3ccccc23)c1. The minimum absolute atomic E-state index is 0.149. The fourth-order valence-corrected chi connectivity index (χ4v) is 3.74. The van der Waals surface area contributed by atoms with E-state index < -0.39 is 6.04 Å². The van der Waals surface area contributed by atoms with Crippen molar-refractivity contribution in [1.82, 2.24) is 5.32 Å². The number of benzene rings is 4. The molecule has 30 heavy (non-hydrogen) atoms. The van der Waals surface area contributed by atoms with E-state index in [1.165, 1.54) is 0 Å². The molecular weight excluding hydrogens is 374 g/mol. The van der Waals surface area contributed by atoms with Crippen molar-refractivity contribution in [3.05, 3.63) is 113 Å². The molecule has 0 fully saturated rings. The highest BCUT2D eigenvalue weighted by Gasteiger charge is 2.23. The van der Waals surface area contributed by atoms with Gasteiger partial charge in [0, 0.05) is 18.2 Å². The van der Waals surface area contributed by atoms with Crippen molar-refractivity contribution in [2.24, 2.45) is 0 Å². The second kappa shape index (κ2) is 8.80. The summed E-state index contributed by atoms with van der Waals surface area (Å²) in [5, 5.41) is 15.8. The highest BCUT2D eigenvalue weighted by Crippen LogP contribution is 2.36. The number of methoxy groups -OCH3 is 1. The van der Waals surface area contributed by atoms with E-state index in [0.717, 1.165) is 21.9 Å². The Morgan fingerprint density at radius 1 is 0.933 bits per heavy atom. The molecule has 2 N–H and O–H groups in total. The maximum Gasteiger partial charge on any atom is 0.252 e. The van der Waals surface area contributed by atoms with Crippen LogP contribution in [0.5, 0.6) is 5.75 Å². The Balaban J connectivity index is 1.79. The minimum atomic E-state index is -0.504. The first kappa shape index (κ1) is 19.7. The molecule has 4 nitrogen and oxygen atoms in total. The van der Waals surface area contributed by atoms with Crippen LogP contribution < -0.4 is 5.32 Å². The molecular formula is C26H23NO3. The second-order valence-electron chi connectivity index (χ2n) is 7.17. The van der Waals surface area contributed by atoms with Gasteiger partial charge in [0.1, 0.15) is 5.75 Å². The van der Waals surface area contributed by atoms with E-state index >= 15 is 0 Å². The summed E-state index contributed by atoms with van der Waals surface area (Å²) in [7, 11) is 1.63. The van der Waals surface area contributed by atoms with Crippen LogP contribution in [0.3, 0.4) is 0 Å². The summed E-state index contributed by atoms with van der Waals surface area (Å²) in [5.74, 6) is -0.0647. The first-order chi connectivity index (χ1) is 14.7. The van der Waals surface area contributed by atoms with Gasteiger partial charge in [-0.25, -0.2) is 0 Å². The molecule has 0 spiro atoms. The average Bonchev–Trinajstić information content (AvgIpc) is 2.79. The van der Waals surface area contributed by atoms with Crippen LogP contribution >= 0.6 is 0 Å². The molecule has 150 valence electrons. The number of hydrogen-bond donors (Lipinski definition) is 2. The van der Waals surface area contributed by atoms with Gasteiger partial charge in [-0.15, -0.1) is 0 Å². The Hall–Kier alpha value is -3.63. The van der Waals surface area contributed by atoms with Crippen LogP contribution in [0.25, 0.3) is 10.8 Å². The van der Waals surface area contributed by atoms with Gasteiger partial charge in [-0.05, 0) is 40.1 Å². The third kappa shape index (κ3) is 4.04. The van der Waals surface area contributed by atoms with Gasteiger partial charge < -0.3 is 15.2 Å². The number of fused-ring (bicyclic) bond motifs is 1. The van der Waals surface area contributed by atoms with E-state index in [-0.39, 0.29) is 11.7 Å². The van der Waals surface area contributed by atoms with E-state index in [2.05, 4.69) is 5.32 Å². The van der Waals surface area contributed by atoms with Gasteiger partial charge in [0.15, 0.2) is 0 Å². The van der Waals surface area contributed by atoms with Crippen molar-refractivity contribution in [1.29, 1.82) is 0 Å². The van der Waals surface area contributed by atoms with Gasteiger partial charge in [-0.3, -0.25) is 4.79 Å². The van der Waals surface area contributed by atoms with Gasteiger partial charge in [0.05, 0.1) is 12.6 Å². The molecule has 4 aromatic carbocycles. The number of nitrogens with one attached hydrogen (secondary N) is 1. The fourth-order valence-electron chi connectivity index (χ4n) is 3.74. The summed E-state index contributed by atoms with van der Waals surface area (Å²) < 4.78 is 5.18. The summed E-state index contributed by atoms with van der Waals surface area (Å²) >= 11 is 0. The molecule has 0 radical (unpaired) electrons. The van der Waals surface area contributed by atoms with Crippen molar-refractivity contribution in [3.63, 3.8) is 0 Å². The molecule has 0 bridgehead atoms. The van der Waals surface area contributed by atoms with Crippen LogP contribution in [-0.2, 0) is 11.3 Å². The lowest BCUT2D eigenvalue weighted by Crippen LogP contribution is -2.29. The van der Waals surface area contributed by atoms with E-state index in [1.54, 1.807) is 19.2 Å². The molecule has 0 aliphatic heterocycles. The zero-order chi connectivity index (χ0) is 20.9. The molecule has 1 amide bonds. The molecule has 0 saturated carbocycles. The van der Waals surface area contributed by atoms with Gasteiger partial charge in [-0.2, -0.15) is 0 Å². The smallest absolute Gasteiger partial charge is 0.252 e. The van der Waals surface area contributed by atoms with E-state index in [0.29, 0.717) is 17.7 Å². The predicted octanol–water partition coefficient (Wildman–Crippen LogP) is 5.21. The Bertz CT molecular complexity index is 1170. The van der Waals surface area contributed by atoms with Crippen LogP contribution in [0.1, 0.15) is 33.1 Å². The molecule has 0 heterocycles. The molecule has 4 heteroatoms. The lowest BCUT2D eigenvalue weighted by molar-refractivity contribution is 0.0942. The van der Waals surface area contributed by atoms with Gasteiger partial charge >= 0.3 is 0 Å². The van der Waals surface area contributed by atoms with Crippen molar-refractivity contribution in [2.45, 2.75) is 12.6 Å². The topological polar surface area (TPSA) is 58.6 Å². The zero-order valence-electron chi connectivity index (χ0n) is 16.7. The van der Waals surface area contributed by atoms with E-state index in [1.807, 2.05) is 78.9 Å². The average molecular weight is 397 g/mol. The summed E-state index contributed by atoms with van der Waals surface area (Å²) in [4.78, 5) is 13.2. The first-order valence-electron chi connectivity index (χ1n) is 9.81. The van der Waals surface area contributed by atoms with Crippen molar-refractivity contribution in [2.75, 3.05) is 7.11 Å². The maximum absolute atomic E-state index is 13.2. The molecule has 1 atom stereocenters. The fraction of sp³-hybridized carbons (Fsp3) is 0.115. The van der Waals surface area contributed by atoms with Crippen LogP contribution in [0.15, 0.2) is 91.0 Å². The van der Waals surface area contributed by atoms with Crippen LogP contribution in [0.4, 0.5) is 0 Å². The van der Waals surface area contributed by atoms with Crippen molar-refractivity contribution < 1.29 is 14.6 Å². The number of amides is 1. The van der Waals surface area contributed by atoms with Crippen molar-refractivity contribution >= 4 is 16.7 Å². The molecule has 0 unspecified atom stereocenters. The summed E-state index contributed by atoms with van der Waals surface area (Å²) in [6.45, 7) is 0.438. The number of phenols is 1. The lowest BCUT2D eigenvalue weighted by atomic mass is 9.92. The minimum Gasteiger partial charge on any atom is -0.508 e. The van der Waals surface area contributed by atoms with Crippen LogP contribution in [0, 0.1) is 0 Å². The monoisotopic (exact) mass is 397 g/mol. The molecule has 0 aliphatic rings. The molecule has 0 aromatic heterocycles. The number of rotatable bonds is 6. The number of carbonyl (C=O) groups is 1. The Morgan fingerprint density at radius 2 is 1.70 bits per heavy atom. The number of phenolic OH excluding ortho intramolecular Hbond substituents is 1. The Labute approximate surface area is 175 Å². The molecule has 4 aromatic rings. The van der Waals surface area contributed by atoms with Gasteiger partial charge in [0.2, 0.25) is 0 Å². The van der Waals surface area contributed by atoms with Crippen LogP contribution in [0.2, 0.25) is 0 Å². The summed E-state index contributed by atoms with van der Waals surface area (Å²) in [6, 6.07) is 28.0. The van der Waals surface area contributed by atoms with Crippen LogP contribution in [-0.4, -0.2) is 18.1 Å². The highest BCUT2D eigenvalue weighted by molar-refractivity contribution is 5.96. The summed E-state index contributed by atoms with van der Waals surface area (Å²) in [6.07, 6.45) is 0. The number of carbonyl (C=O) groups excluding carboxylic acids is 1.